The fourth-order valence-corrected chi connectivity index (χ4v) is 3.99. The molecule has 0 amide bonds. The largest absolute Gasteiger partial charge is 0.363 e. The zero-order valence-corrected chi connectivity index (χ0v) is 12.8. The van der Waals surface area contributed by atoms with Crippen LogP contribution < -0.4 is 0 Å². The molecule has 2 rings (SSSR count). The number of H-pyrrole nitrogens is 1. The van der Waals surface area contributed by atoms with Crippen molar-refractivity contribution in [3.05, 3.63) is 18.0 Å². The van der Waals surface area contributed by atoms with Crippen LogP contribution in [0.2, 0.25) is 0 Å². The zero-order chi connectivity index (χ0) is 14.0. The van der Waals surface area contributed by atoms with Gasteiger partial charge in [0.1, 0.15) is 0 Å². The van der Waals surface area contributed by atoms with E-state index < -0.39 is 10.0 Å². The Morgan fingerprint density at radius 2 is 2.32 bits per heavy atom. The molecule has 0 radical (unpaired) electrons. The van der Waals surface area contributed by atoms with E-state index in [1.807, 2.05) is 7.05 Å². The minimum atomic E-state index is -3.43. The van der Waals surface area contributed by atoms with Gasteiger partial charge in [-0.1, -0.05) is 0 Å². The Morgan fingerprint density at radius 1 is 1.58 bits per heavy atom. The van der Waals surface area contributed by atoms with Gasteiger partial charge in [0.2, 0.25) is 10.0 Å². The van der Waals surface area contributed by atoms with E-state index in [0.29, 0.717) is 4.90 Å². The maximum Gasteiger partial charge on any atom is 0.244 e. The standard InChI is InChI=1S/C12H20ClN3O2S/c1-15-5-3-4-11(9-15)16(2)19(17,18)12-6-10(7-13)14-8-12/h6,8,11,14H,3-5,7,9H2,1-2H3. The van der Waals surface area contributed by atoms with Crippen molar-refractivity contribution in [2.45, 2.75) is 29.7 Å². The Morgan fingerprint density at radius 3 is 2.89 bits per heavy atom. The minimum absolute atomic E-state index is 0.0399. The first kappa shape index (κ1) is 14.8. The smallest absolute Gasteiger partial charge is 0.244 e. The Bertz CT molecular complexity index is 529. The van der Waals surface area contributed by atoms with Gasteiger partial charge in [0.15, 0.2) is 0 Å². The van der Waals surface area contributed by atoms with Gasteiger partial charge in [0.25, 0.3) is 0 Å². The average molecular weight is 306 g/mol. The molecular formula is C12H20ClN3O2S. The van der Waals surface area contributed by atoms with E-state index in [4.69, 9.17) is 11.6 Å². The number of likely N-dealkylation sites (tertiary alicyclic amines) is 1. The minimum Gasteiger partial charge on any atom is -0.363 e. The Labute approximate surface area is 119 Å². The number of likely N-dealkylation sites (N-methyl/N-ethyl adjacent to an activating group) is 2. The summed E-state index contributed by atoms with van der Waals surface area (Å²) in [7, 11) is 0.247. The number of piperidine rings is 1. The summed E-state index contributed by atoms with van der Waals surface area (Å²) >= 11 is 5.69. The SMILES string of the molecule is CN1CCCC(N(C)S(=O)(=O)c2c[nH]c(CCl)c2)C1. The molecule has 0 bridgehead atoms. The monoisotopic (exact) mass is 305 g/mol. The van der Waals surface area contributed by atoms with E-state index in [-0.39, 0.29) is 11.9 Å². The molecule has 0 saturated carbocycles. The first-order valence-electron chi connectivity index (χ1n) is 6.35. The molecule has 0 aromatic carbocycles. The summed E-state index contributed by atoms with van der Waals surface area (Å²) in [6.07, 6.45) is 3.45. The Balaban J connectivity index is 2.18. The molecule has 7 heteroatoms. The summed E-state index contributed by atoms with van der Waals surface area (Å²) in [5.74, 6) is 0.283. The Hall–Kier alpha value is -0.560. The maximum absolute atomic E-state index is 12.5. The summed E-state index contributed by atoms with van der Waals surface area (Å²) < 4.78 is 26.5. The van der Waals surface area contributed by atoms with Gasteiger partial charge in [0, 0.05) is 31.5 Å². The van der Waals surface area contributed by atoms with Gasteiger partial charge in [-0.15, -0.1) is 11.6 Å². The Kier molecular flexibility index (Phi) is 4.55. The highest BCUT2D eigenvalue weighted by atomic mass is 35.5. The van der Waals surface area contributed by atoms with E-state index in [0.717, 1.165) is 31.6 Å². The number of sulfonamides is 1. The fourth-order valence-electron chi connectivity index (χ4n) is 2.44. The van der Waals surface area contributed by atoms with E-state index in [1.54, 1.807) is 13.1 Å². The number of rotatable bonds is 4. The van der Waals surface area contributed by atoms with Gasteiger partial charge in [0.05, 0.1) is 10.8 Å². The molecule has 0 spiro atoms. The lowest BCUT2D eigenvalue weighted by Gasteiger charge is -2.34. The van der Waals surface area contributed by atoms with Crippen LogP contribution in [-0.2, 0) is 15.9 Å². The molecule has 1 N–H and O–H groups in total. The number of aromatic amines is 1. The molecule has 0 aliphatic carbocycles. The second-order valence-electron chi connectivity index (χ2n) is 5.07. The van der Waals surface area contributed by atoms with E-state index in [1.165, 1.54) is 10.5 Å². The summed E-state index contributed by atoms with van der Waals surface area (Å²) in [6, 6.07) is 1.64. The second-order valence-corrected chi connectivity index (χ2v) is 7.34. The molecule has 1 atom stereocenters. The zero-order valence-electron chi connectivity index (χ0n) is 11.3. The van der Waals surface area contributed by atoms with Crippen LogP contribution in [-0.4, -0.2) is 55.8 Å². The highest BCUT2D eigenvalue weighted by Gasteiger charge is 2.31. The summed E-state index contributed by atoms with van der Waals surface area (Å²) in [4.78, 5) is 5.34. The van der Waals surface area contributed by atoms with Crippen LogP contribution >= 0.6 is 11.6 Å². The molecule has 1 aromatic heterocycles. The molecule has 1 aliphatic rings. The number of nitrogens with zero attached hydrogens (tertiary/aromatic N) is 2. The van der Waals surface area contributed by atoms with Gasteiger partial charge in [-0.3, -0.25) is 0 Å². The molecule has 108 valence electrons. The number of alkyl halides is 1. The third kappa shape index (κ3) is 3.13. The molecule has 1 fully saturated rings. The summed E-state index contributed by atoms with van der Waals surface area (Å²) in [6.45, 7) is 1.81. The third-order valence-corrected chi connectivity index (χ3v) is 5.83. The van der Waals surface area contributed by atoms with E-state index >= 15 is 0 Å². The number of hydrogen-bond acceptors (Lipinski definition) is 3. The normalized spacial score (nSPS) is 22.0. The van der Waals surface area contributed by atoms with Crippen molar-refractivity contribution in [1.29, 1.82) is 0 Å². The highest BCUT2D eigenvalue weighted by molar-refractivity contribution is 7.89. The van der Waals surface area contributed by atoms with E-state index in [9.17, 15) is 8.42 Å². The molecule has 1 aromatic rings. The molecule has 5 nitrogen and oxygen atoms in total. The highest BCUT2D eigenvalue weighted by Crippen LogP contribution is 2.22. The van der Waals surface area contributed by atoms with Crippen molar-refractivity contribution in [3.8, 4) is 0 Å². The van der Waals surface area contributed by atoms with Crippen LogP contribution in [0.3, 0.4) is 0 Å². The molecule has 1 saturated heterocycles. The van der Waals surface area contributed by atoms with Gasteiger partial charge in [-0.2, -0.15) is 4.31 Å². The van der Waals surface area contributed by atoms with Crippen molar-refractivity contribution in [3.63, 3.8) is 0 Å². The van der Waals surface area contributed by atoms with Crippen molar-refractivity contribution in [1.82, 2.24) is 14.2 Å². The van der Waals surface area contributed by atoms with Crippen LogP contribution in [0.4, 0.5) is 0 Å². The van der Waals surface area contributed by atoms with Crippen molar-refractivity contribution < 1.29 is 8.42 Å². The number of hydrogen-bond donors (Lipinski definition) is 1. The number of halogens is 1. The maximum atomic E-state index is 12.5. The van der Waals surface area contributed by atoms with Gasteiger partial charge in [-0.05, 0) is 32.5 Å². The van der Waals surface area contributed by atoms with Crippen LogP contribution in [0.15, 0.2) is 17.2 Å². The predicted molar refractivity (Wildman–Crippen MR) is 75.8 cm³/mol. The quantitative estimate of drug-likeness (QED) is 0.857. The van der Waals surface area contributed by atoms with Crippen molar-refractivity contribution >= 4 is 21.6 Å². The average Bonchev–Trinajstić information content (AvgIpc) is 2.87. The third-order valence-electron chi connectivity index (χ3n) is 3.65. The van der Waals surface area contributed by atoms with Crippen LogP contribution in [0.25, 0.3) is 0 Å². The lowest BCUT2D eigenvalue weighted by molar-refractivity contribution is 0.187. The topological polar surface area (TPSA) is 56.4 Å². The summed E-state index contributed by atoms with van der Waals surface area (Å²) in [5.41, 5.74) is 0.717. The summed E-state index contributed by atoms with van der Waals surface area (Å²) in [5, 5.41) is 0. The number of nitrogens with one attached hydrogen (secondary N) is 1. The van der Waals surface area contributed by atoms with Gasteiger partial charge in [-0.25, -0.2) is 8.42 Å². The first-order chi connectivity index (χ1) is 8.95. The van der Waals surface area contributed by atoms with Crippen LogP contribution in [0, 0.1) is 0 Å². The molecule has 19 heavy (non-hydrogen) atoms. The second kappa shape index (κ2) is 5.83. The molecule has 2 heterocycles. The van der Waals surface area contributed by atoms with E-state index in [2.05, 4.69) is 9.88 Å². The molecule has 1 aliphatic heterocycles. The van der Waals surface area contributed by atoms with Gasteiger partial charge < -0.3 is 9.88 Å². The fraction of sp³-hybridized carbons (Fsp3) is 0.667. The predicted octanol–water partition coefficient (Wildman–Crippen LogP) is 1.47. The van der Waals surface area contributed by atoms with Crippen LogP contribution in [0.5, 0.6) is 0 Å². The lowest BCUT2D eigenvalue weighted by atomic mass is 10.1. The van der Waals surface area contributed by atoms with Crippen molar-refractivity contribution in [2.24, 2.45) is 0 Å². The first-order valence-corrected chi connectivity index (χ1v) is 8.32. The van der Waals surface area contributed by atoms with Crippen LogP contribution in [0.1, 0.15) is 18.5 Å². The lowest BCUT2D eigenvalue weighted by Crippen LogP contribution is -2.47. The molecular weight excluding hydrogens is 286 g/mol. The number of aromatic nitrogens is 1. The molecule has 1 unspecified atom stereocenters. The van der Waals surface area contributed by atoms with Gasteiger partial charge >= 0.3 is 0 Å². The van der Waals surface area contributed by atoms with Crippen molar-refractivity contribution in [2.75, 3.05) is 27.2 Å².